The topological polar surface area (TPSA) is 29.3 Å². The average Bonchev–Trinajstić information content (AvgIpc) is 2.56. The first-order chi connectivity index (χ1) is 8.29. The molecular weight excluding hydrogens is 208 g/mol. The van der Waals surface area contributed by atoms with Gasteiger partial charge < -0.3 is 10.6 Å². The van der Waals surface area contributed by atoms with E-state index >= 15 is 0 Å². The molecule has 100 valence electrons. The molecule has 1 saturated heterocycles. The van der Waals surface area contributed by atoms with Crippen LogP contribution >= 0.6 is 0 Å². The second-order valence-electron chi connectivity index (χ2n) is 6.32. The summed E-state index contributed by atoms with van der Waals surface area (Å²) in [5.41, 5.74) is 5.77. The molecule has 2 N–H and O–H groups in total. The van der Waals surface area contributed by atoms with Crippen LogP contribution in [0.4, 0.5) is 0 Å². The molecule has 1 saturated carbocycles. The molecule has 0 bridgehead atoms. The third-order valence-electron chi connectivity index (χ3n) is 4.98. The third kappa shape index (κ3) is 3.96. The highest BCUT2D eigenvalue weighted by molar-refractivity contribution is 4.79. The molecule has 2 nitrogen and oxygen atoms in total. The van der Waals surface area contributed by atoms with E-state index in [-0.39, 0.29) is 0 Å². The number of nitrogens with two attached hydrogens (primary N) is 1. The van der Waals surface area contributed by atoms with E-state index in [1.807, 2.05) is 0 Å². The lowest BCUT2D eigenvalue weighted by Gasteiger charge is -2.34. The van der Waals surface area contributed by atoms with Crippen LogP contribution in [0.5, 0.6) is 0 Å². The van der Waals surface area contributed by atoms with E-state index in [0.717, 1.165) is 24.4 Å². The fourth-order valence-electron chi connectivity index (χ4n) is 3.59. The van der Waals surface area contributed by atoms with E-state index in [1.54, 1.807) is 0 Å². The van der Waals surface area contributed by atoms with Gasteiger partial charge in [0.1, 0.15) is 0 Å². The van der Waals surface area contributed by atoms with Crippen LogP contribution in [-0.4, -0.2) is 30.6 Å². The van der Waals surface area contributed by atoms with E-state index in [0.29, 0.717) is 0 Å². The summed E-state index contributed by atoms with van der Waals surface area (Å²) in [5, 5.41) is 0. The monoisotopic (exact) mass is 238 g/mol. The van der Waals surface area contributed by atoms with Crippen molar-refractivity contribution in [2.24, 2.45) is 17.6 Å². The molecule has 1 aliphatic carbocycles. The van der Waals surface area contributed by atoms with Gasteiger partial charge in [-0.2, -0.15) is 0 Å². The van der Waals surface area contributed by atoms with E-state index < -0.39 is 0 Å². The Balaban J connectivity index is 1.76. The van der Waals surface area contributed by atoms with Gasteiger partial charge in [0, 0.05) is 12.6 Å². The van der Waals surface area contributed by atoms with Gasteiger partial charge in [0.25, 0.3) is 0 Å². The summed E-state index contributed by atoms with van der Waals surface area (Å²) < 4.78 is 0. The molecule has 2 heteroatoms. The van der Waals surface area contributed by atoms with Gasteiger partial charge in [-0.15, -0.1) is 0 Å². The third-order valence-corrected chi connectivity index (χ3v) is 4.98. The summed E-state index contributed by atoms with van der Waals surface area (Å²) >= 11 is 0. The first-order valence-corrected chi connectivity index (χ1v) is 7.73. The molecule has 2 aliphatic rings. The fraction of sp³-hybridized carbons (Fsp3) is 1.00. The summed E-state index contributed by atoms with van der Waals surface area (Å²) in [4.78, 5) is 2.76. The number of rotatable bonds is 3. The molecule has 0 aromatic rings. The Kier molecular flexibility index (Phi) is 5.30. The average molecular weight is 238 g/mol. The second-order valence-corrected chi connectivity index (χ2v) is 6.32. The predicted octanol–water partition coefficient (Wildman–Crippen LogP) is 3.02. The largest absolute Gasteiger partial charge is 0.330 e. The molecule has 2 fully saturated rings. The van der Waals surface area contributed by atoms with Crippen molar-refractivity contribution in [3.8, 4) is 0 Å². The summed E-state index contributed by atoms with van der Waals surface area (Å²) in [5.74, 6) is 1.78. The van der Waals surface area contributed by atoms with Crippen LogP contribution in [0.15, 0.2) is 0 Å². The van der Waals surface area contributed by atoms with Gasteiger partial charge >= 0.3 is 0 Å². The van der Waals surface area contributed by atoms with Gasteiger partial charge in [-0.3, -0.25) is 0 Å². The van der Waals surface area contributed by atoms with E-state index in [2.05, 4.69) is 11.8 Å². The van der Waals surface area contributed by atoms with Crippen LogP contribution in [0.1, 0.15) is 58.3 Å². The minimum atomic E-state index is 0.824. The maximum Gasteiger partial charge on any atom is 0.00670 e. The zero-order valence-electron chi connectivity index (χ0n) is 11.5. The Morgan fingerprint density at radius 2 is 1.65 bits per heavy atom. The van der Waals surface area contributed by atoms with Crippen molar-refractivity contribution in [3.05, 3.63) is 0 Å². The van der Waals surface area contributed by atoms with Crippen LogP contribution in [0.3, 0.4) is 0 Å². The van der Waals surface area contributed by atoms with Crippen molar-refractivity contribution in [3.63, 3.8) is 0 Å². The SMILES string of the molecule is CC1CCCCCN1CC1CCC(CN)CC1. The van der Waals surface area contributed by atoms with Gasteiger partial charge in [-0.25, -0.2) is 0 Å². The Labute approximate surface area is 107 Å². The molecule has 1 heterocycles. The normalized spacial score (nSPS) is 36.7. The quantitative estimate of drug-likeness (QED) is 0.819. The predicted molar refractivity (Wildman–Crippen MR) is 74.0 cm³/mol. The van der Waals surface area contributed by atoms with Crippen molar-refractivity contribution < 1.29 is 0 Å². The van der Waals surface area contributed by atoms with Crippen LogP contribution in [-0.2, 0) is 0 Å². The molecule has 0 spiro atoms. The zero-order chi connectivity index (χ0) is 12.1. The van der Waals surface area contributed by atoms with E-state index in [1.165, 1.54) is 64.5 Å². The number of nitrogens with zero attached hydrogens (tertiary/aromatic N) is 1. The van der Waals surface area contributed by atoms with Gasteiger partial charge in [0.15, 0.2) is 0 Å². The van der Waals surface area contributed by atoms with Gasteiger partial charge in [0.2, 0.25) is 0 Å². The highest BCUT2D eigenvalue weighted by Gasteiger charge is 2.24. The molecule has 1 aliphatic heterocycles. The lowest BCUT2D eigenvalue weighted by molar-refractivity contribution is 0.148. The van der Waals surface area contributed by atoms with Crippen molar-refractivity contribution in [1.29, 1.82) is 0 Å². The minimum Gasteiger partial charge on any atom is -0.330 e. The number of hydrogen-bond donors (Lipinski definition) is 1. The van der Waals surface area contributed by atoms with Crippen LogP contribution in [0, 0.1) is 11.8 Å². The summed E-state index contributed by atoms with van der Waals surface area (Å²) in [6.07, 6.45) is 11.3. The molecule has 17 heavy (non-hydrogen) atoms. The maximum atomic E-state index is 5.77. The van der Waals surface area contributed by atoms with Gasteiger partial charge in [0.05, 0.1) is 0 Å². The van der Waals surface area contributed by atoms with E-state index in [9.17, 15) is 0 Å². The Bertz CT molecular complexity index is 209. The molecular formula is C15H30N2. The molecule has 0 aromatic carbocycles. The fourth-order valence-corrected chi connectivity index (χ4v) is 3.59. The van der Waals surface area contributed by atoms with Crippen molar-refractivity contribution >= 4 is 0 Å². The highest BCUT2D eigenvalue weighted by atomic mass is 15.1. The highest BCUT2D eigenvalue weighted by Crippen LogP contribution is 2.30. The number of hydrogen-bond acceptors (Lipinski definition) is 2. The van der Waals surface area contributed by atoms with Gasteiger partial charge in [-0.1, -0.05) is 12.8 Å². The lowest BCUT2D eigenvalue weighted by atomic mass is 9.81. The minimum absolute atomic E-state index is 0.824. The van der Waals surface area contributed by atoms with Crippen molar-refractivity contribution in [2.75, 3.05) is 19.6 Å². The molecule has 1 atom stereocenters. The molecule has 0 aromatic heterocycles. The molecule has 1 unspecified atom stereocenters. The second kappa shape index (κ2) is 6.75. The van der Waals surface area contributed by atoms with Crippen LogP contribution in [0.25, 0.3) is 0 Å². The standard InChI is InChI=1S/C15H30N2/c1-13-5-3-2-4-10-17(13)12-15-8-6-14(11-16)7-9-15/h13-15H,2-12,16H2,1H3. The van der Waals surface area contributed by atoms with Crippen molar-refractivity contribution in [1.82, 2.24) is 4.90 Å². The Hall–Kier alpha value is -0.0800. The Morgan fingerprint density at radius 3 is 2.35 bits per heavy atom. The maximum absolute atomic E-state index is 5.77. The summed E-state index contributed by atoms with van der Waals surface area (Å²) in [7, 11) is 0. The van der Waals surface area contributed by atoms with Crippen molar-refractivity contribution in [2.45, 2.75) is 64.3 Å². The molecule has 0 amide bonds. The first kappa shape index (κ1) is 13.4. The van der Waals surface area contributed by atoms with Gasteiger partial charge in [-0.05, 0) is 70.4 Å². The van der Waals surface area contributed by atoms with E-state index in [4.69, 9.17) is 5.73 Å². The number of likely N-dealkylation sites (tertiary alicyclic amines) is 1. The smallest absolute Gasteiger partial charge is 0.00670 e. The lowest BCUT2D eigenvalue weighted by Crippen LogP contribution is -2.38. The summed E-state index contributed by atoms with van der Waals surface area (Å²) in [6.45, 7) is 6.04. The molecule has 0 radical (unpaired) electrons. The summed E-state index contributed by atoms with van der Waals surface area (Å²) in [6, 6.07) is 0.824. The zero-order valence-corrected chi connectivity index (χ0v) is 11.5. The first-order valence-electron chi connectivity index (χ1n) is 7.73. The molecule has 2 rings (SSSR count). The van der Waals surface area contributed by atoms with Crippen LogP contribution in [0.2, 0.25) is 0 Å². The van der Waals surface area contributed by atoms with Crippen LogP contribution < -0.4 is 5.73 Å². The Morgan fingerprint density at radius 1 is 0.941 bits per heavy atom.